The molecule has 0 fully saturated rings. The van der Waals surface area contributed by atoms with Gasteiger partial charge in [-0.05, 0) is 32.0 Å². The normalized spacial score (nSPS) is 15.0. The Hall–Kier alpha value is -0.830. The van der Waals surface area contributed by atoms with Crippen molar-refractivity contribution in [2.24, 2.45) is 0 Å². The van der Waals surface area contributed by atoms with Crippen molar-refractivity contribution in [1.29, 1.82) is 0 Å². The highest BCUT2D eigenvalue weighted by atomic mass is 32.1. The van der Waals surface area contributed by atoms with Crippen molar-refractivity contribution in [3.05, 3.63) is 23.8 Å². The molecule has 0 aliphatic heterocycles. The first-order valence-electron chi connectivity index (χ1n) is 4.69. The second-order valence-electron chi connectivity index (χ2n) is 3.00. The Labute approximate surface area is 85.1 Å². The van der Waals surface area contributed by atoms with Gasteiger partial charge in [0.2, 0.25) is 0 Å². The fourth-order valence-electron chi connectivity index (χ4n) is 1.22. The SMILES string of the molecule is CCNC(=S)NCC1=CC=CCC1. The van der Waals surface area contributed by atoms with E-state index in [1.807, 2.05) is 6.92 Å². The smallest absolute Gasteiger partial charge is 0.166 e. The van der Waals surface area contributed by atoms with Gasteiger partial charge in [0.1, 0.15) is 0 Å². The van der Waals surface area contributed by atoms with Crippen LogP contribution < -0.4 is 10.6 Å². The van der Waals surface area contributed by atoms with Crippen molar-refractivity contribution >= 4 is 17.3 Å². The summed E-state index contributed by atoms with van der Waals surface area (Å²) in [5.41, 5.74) is 1.42. The van der Waals surface area contributed by atoms with Gasteiger partial charge in [0.25, 0.3) is 0 Å². The van der Waals surface area contributed by atoms with Crippen LogP contribution in [-0.4, -0.2) is 18.2 Å². The number of rotatable bonds is 3. The topological polar surface area (TPSA) is 24.1 Å². The molecule has 0 saturated heterocycles. The van der Waals surface area contributed by atoms with Crippen LogP contribution in [0.25, 0.3) is 0 Å². The molecule has 1 aliphatic carbocycles. The molecule has 0 radical (unpaired) electrons. The average Bonchev–Trinajstić information content (AvgIpc) is 2.17. The lowest BCUT2D eigenvalue weighted by molar-refractivity contribution is 0.841. The Morgan fingerprint density at radius 2 is 2.38 bits per heavy atom. The molecule has 0 amide bonds. The van der Waals surface area contributed by atoms with Gasteiger partial charge in [-0.2, -0.15) is 0 Å². The van der Waals surface area contributed by atoms with Crippen LogP contribution in [0.2, 0.25) is 0 Å². The van der Waals surface area contributed by atoms with E-state index in [0.29, 0.717) is 0 Å². The highest BCUT2D eigenvalue weighted by Crippen LogP contribution is 2.09. The standard InChI is InChI=1S/C10H16N2S/c1-2-11-10(13)12-8-9-6-4-3-5-7-9/h3-4,6H,2,5,7-8H2,1H3,(H2,11,12,13). The van der Waals surface area contributed by atoms with Crippen molar-refractivity contribution in [2.75, 3.05) is 13.1 Å². The van der Waals surface area contributed by atoms with Crippen LogP contribution >= 0.6 is 12.2 Å². The monoisotopic (exact) mass is 196 g/mol. The molecule has 0 aromatic carbocycles. The summed E-state index contributed by atoms with van der Waals surface area (Å²) < 4.78 is 0. The zero-order valence-corrected chi connectivity index (χ0v) is 8.79. The molecule has 0 heterocycles. The van der Waals surface area contributed by atoms with Crippen molar-refractivity contribution < 1.29 is 0 Å². The molecular formula is C10H16N2S. The second-order valence-corrected chi connectivity index (χ2v) is 3.41. The number of hydrogen-bond donors (Lipinski definition) is 2. The number of allylic oxidation sites excluding steroid dienone is 3. The summed E-state index contributed by atoms with van der Waals surface area (Å²) in [4.78, 5) is 0. The minimum Gasteiger partial charge on any atom is -0.363 e. The fraction of sp³-hybridized carbons (Fsp3) is 0.500. The van der Waals surface area contributed by atoms with Crippen molar-refractivity contribution in [3.8, 4) is 0 Å². The van der Waals surface area contributed by atoms with Gasteiger partial charge < -0.3 is 10.6 Å². The Morgan fingerprint density at radius 1 is 1.54 bits per heavy atom. The van der Waals surface area contributed by atoms with Gasteiger partial charge >= 0.3 is 0 Å². The molecular weight excluding hydrogens is 180 g/mol. The fourth-order valence-corrected chi connectivity index (χ4v) is 1.43. The van der Waals surface area contributed by atoms with E-state index in [1.54, 1.807) is 0 Å². The van der Waals surface area contributed by atoms with Gasteiger partial charge in [-0.25, -0.2) is 0 Å². The van der Waals surface area contributed by atoms with E-state index in [0.717, 1.165) is 31.0 Å². The molecule has 0 aromatic rings. The van der Waals surface area contributed by atoms with Crippen LogP contribution in [0.1, 0.15) is 19.8 Å². The van der Waals surface area contributed by atoms with E-state index in [1.165, 1.54) is 5.57 Å². The van der Waals surface area contributed by atoms with E-state index in [9.17, 15) is 0 Å². The van der Waals surface area contributed by atoms with Gasteiger partial charge in [-0.15, -0.1) is 0 Å². The molecule has 0 aromatic heterocycles. The second kappa shape index (κ2) is 5.75. The predicted octanol–water partition coefficient (Wildman–Crippen LogP) is 1.75. The summed E-state index contributed by atoms with van der Waals surface area (Å²) in [7, 11) is 0. The first kappa shape index (κ1) is 10.3. The largest absolute Gasteiger partial charge is 0.363 e. The summed E-state index contributed by atoms with van der Waals surface area (Å²) in [6, 6.07) is 0. The highest BCUT2D eigenvalue weighted by molar-refractivity contribution is 7.80. The lowest BCUT2D eigenvalue weighted by atomic mass is 10.1. The lowest BCUT2D eigenvalue weighted by Gasteiger charge is -2.12. The first-order valence-corrected chi connectivity index (χ1v) is 5.10. The molecule has 0 atom stereocenters. The molecule has 0 unspecified atom stereocenters. The third-order valence-electron chi connectivity index (χ3n) is 1.91. The van der Waals surface area contributed by atoms with E-state index in [4.69, 9.17) is 12.2 Å². The Balaban J connectivity index is 2.21. The number of hydrogen-bond acceptors (Lipinski definition) is 1. The zero-order chi connectivity index (χ0) is 9.52. The minimum absolute atomic E-state index is 0.748. The first-order chi connectivity index (χ1) is 6.33. The highest BCUT2D eigenvalue weighted by Gasteiger charge is 1.99. The maximum Gasteiger partial charge on any atom is 0.166 e. The molecule has 2 N–H and O–H groups in total. The van der Waals surface area contributed by atoms with Gasteiger partial charge in [0.05, 0.1) is 0 Å². The molecule has 1 rings (SSSR count). The van der Waals surface area contributed by atoms with E-state index in [2.05, 4.69) is 28.9 Å². The summed E-state index contributed by atoms with van der Waals surface area (Å²) >= 11 is 5.05. The van der Waals surface area contributed by atoms with Crippen molar-refractivity contribution in [3.63, 3.8) is 0 Å². The van der Waals surface area contributed by atoms with Crippen LogP contribution in [0, 0.1) is 0 Å². The molecule has 13 heavy (non-hydrogen) atoms. The predicted molar refractivity (Wildman–Crippen MR) is 60.7 cm³/mol. The van der Waals surface area contributed by atoms with Crippen LogP contribution in [0.15, 0.2) is 23.8 Å². The van der Waals surface area contributed by atoms with Crippen LogP contribution in [0.4, 0.5) is 0 Å². The lowest BCUT2D eigenvalue weighted by Crippen LogP contribution is -2.36. The van der Waals surface area contributed by atoms with Crippen LogP contribution in [0.3, 0.4) is 0 Å². The Bertz CT molecular complexity index is 231. The molecule has 3 heteroatoms. The molecule has 2 nitrogen and oxygen atoms in total. The van der Waals surface area contributed by atoms with E-state index in [-0.39, 0.29) is 0 Å². The molecule has 1 aliphatic rings. The van der Waals surface area contributed by atoms with Crippen molar-refractivity contribution in [2.45, 2.75) is 19.8 Å². The molecule has 0 bridgehead atoms. The summed E-state index contributed by atoms with van der Waals surface area (Å²) in [6.07, 6.45) is 8.76. The molecule has 72 valence electrons. The van der Waals surface area contributed by atoms with Gasteiger partial charge in [-0.1, -0.05) is 23.8 Å². The summed E-state index contributed by atoms with van der Waals surface area (Å²) in [6.45, 7) is 3.79. The minimum atomic E-state index is 0.748. The zero-order valence-electron chi connectivity index (χ0n) is 7.97. The summed E-state index contributed by atoms with van der Waals surface area (Å²) in [5.74, 6) is 0. The Morgan fingerprint density at radius 3 is 3.00 bits per heavy atom. The van der Waals surface area contributed by atoms with Crippen LogP contribution in [0.5, 0.6) is 0 Å². The third-order valence-corrected chi connectivity index (χ3v) is 2.20. The number of nitrogens with one attached hydrogen (secondary N) is 2. The quantitative estimate of drug-likeness (QED) is 0.672. The number of thiocarbonyl (C=S) groups is 1. The van der Waals surface area contributed by atoms with Gasteiger partial charge in [-0.3, -0.25) is 0 Å². The summed E-state index contributed by atoms with van der Waals surface area (Å²) in [5, 5.41) is 6.98. The van der Waals surface area contributed by atoms with Crippen LogP contribution in [-0.2, 0) is 0 Å². The van der Waals surface area contributed by atoms with Crippen molar-refractivity contribution in [1.82, 2.24) is 10.6 Å². The van der Waals surface area contributed by atoms with E-state index >= 15 is 0 Å². The van der Waals surface area contributed by atoms with E-state index < -0.39 is 0 Å². The molecule has 0 spiro atoms. The maximum atomic E-state index is 5.05. The third kappa shape index (κ3) is 4.08. The van der Waals surface area contributed by atoms with Gasteiger partial charge in [0, 0.05) is 13.1 Å². The molecule has 0 saturated carbocycles. The maximum absolute atomic E-state index is 5.05. The van der Waals surface area contributed by atoms with Gasteiger partial charge in [0.15, 0.2) is 5.11 Å². The Kier molecular flexibility index (Phi) is 4.54. The average molecular weight is 196 g/mol.